The van der Waals surface area contributed by atoms with Crippen LogP contribution in [0.15, 0.2) is 40.6 Å². The molecule has 2 amide bonds. The third-order valence-corrected chi connectivity index (χ3v) is 10.4. The Balaban J connectivity index is 1.71. The molecule has 2 aromatic heterocycles. The summed E-state index contributed by atoms with van der Waals surface area (Å²) in [5, 5.41) is 14.6. The van der Waals surface area contributed by atoms with E-state index in [2.05, 4.69) is 68.1 Å². The third-order valence-electron chi connectivity index (χ3n) is 9.79. The van der Waals surface area contributed by atoms with Gasteiger partial charge < -0.3 is 15.5 Å². The molecular formula is C39H61N9O2S. The van der Waals surface area contributed by atoms with Gasteiger partial charge >= 0.3 is 0 Å². The average Bonchev–Trinajstić information content (AvgIpc) is 3.75. The zero-order valence-electron chi connectivity index (χ0n) is 32.1. The van der Waals surface area contributed by atoms with Crippen molar-refractivity contribution >= 4 is 40.0 Å². The van der Waals surface area contributed by atoms with Crippen molar-refractivity contribution in [3.63, 3.8) is 0 Å². The highest BCUT2D eigenvalue weighted by atomic mass is 32.1. The Hall–Kier alpha value is -3.67. The number of nitrogen functional groups attached to an aromatic ring is 1. The highest BCUT2D eigenvalue weighted by molar-refractivity contribution is 7.09. The second-order valence-electron chi connectivity index (χ2n) is 15.1. The van der Waals surface area contributed by atoms with Gasteiger partial charge in [0.1, 0.15) is 5.82 Å². The minimum absolute atomic E-state index is 0.153. The number of carbonyl (C=O) groups excluding carboxylic acids is 2. The van der Waals surface area contributed by atoms with E-state index in [1.807, 2.05) is 44.8 Å². The highest BCUT2D eigenvalue weighted by Crippen LogP contribution is 2.44. The van der Waals surface area contributed by atoms with Gasteiger partial charge in [-0.05, 0) is 44.9 Å². The van der Waals surface area contributed by atoms with Crippen molar-refractivity contribution in [3.05, 3.63) is 36.0 Å². The molecule has 1 saturated carbocycles. The van der Waals surface area contributed by atoms with Crippen LogP contribution in [0.4, 0.5) is 16.6 Å². The second-order valence-corrected chi connectivity index (χ2v) is 15.8. The molecule has 3 aromatic rings. The number of aromatic nitrogens is 4. The number of hydrogen-bond acceptors (Lipinski definition) is 9. The van der Waals surface area contributed by atoms with Crippen molar-refractivity contribution in [2.75, 3.05) is 31.9 Å². The van der Waals surface area contributed by atoms with E-state index in [0.717, 1.165) is 83.1 Å². The molecule has 0 radical (unpaired) electrons. The minimum atomic E-state index is -0.392. The summed E-state index contributed by atoms with van der Waals surface area (Å²) in [5.74, 6) is 0.705. The van der Waals surface area contributed by atoms with Crippen LogP contribution < -0.4 is 5.73 Å². The standard InChI is InChI=1S/C39H61N9O2S/c1-8-12-21-46(22-13-9-2)36(49)29-25-30(37(50)47(23-14-10-3)24-15-11-4)27-31(26-29)48-34(40)32(33(44-48)39(5,6)7)42-43-38-41-35(45-51-38)28-19-17-16-18-20-28/h16-20,29-31H,8-15,21-27,40H2,1-7H3. The number of rotatable bonds is 18. The first kappa shape index (κ1) is 40.1. The molecule has 2 N–H and O–H groups in total. The largest absolute Gasteiger partial charge is 0.382 e. The monoisotopic (exact) mass is 719 g/mol. The SMILES string of the molecule is CCCCN(CCCC)C(=O)C1CC(C(=O)N(CCCC)CCCC)CC(n2nc(C(C)(C)C)c(N=Nc3nc(-c4ccccc4)ns3)c2N)C1. The topological polar surface area (TPSA) is 135 Å². The molecule has 280 valence electrons. The van der Waals surface area contributed by atoms with Gasteiger partial charge in [0.2, 0.25) is 16.9 Å². The summed E-state index contributed by atoms with van der Waals surface area (Å²) >= 11 is 1.18. The van der Waals surface area contributed by atoms with Crippen LogP contribution in [0.5, 0.6) is 0 Å². The number of unbranched alkanes of at least 4 members (excludes halogenated alkanes) is 4. The lowest BCUT2D eigenvalue weighted by Crippen LogP contribution is -2.45. The lowest BCUT2D eigenvalue weighted by atomic mass is 9.77. The normalized spacial score (nSPS) is 18.0. The molecule has 2 heterocycles. The Morgan fingerprint density at radius 1 is 0.824 bits per heavy atom. The number of amides is 2. The Morgan fingerprint density at radius 3 is 1.80 bits per heavy atom. The Kier molecular flexibility index (Phi) is 15.1. The number of azo groups is 1. The molecule has 12 heteroatoms. The number of carbonyl (C=O) groups is 2. The predicted molar refractivity (Wildman–Crippen MR) is 208 cm³/mol. The van der Waals surface area contributed by atoms with Crippen LogP contribution in [-0.4, -0.2) is 66.9 Å². The van der Waals surface area contributed by atoms with E-state index in [-0.39, 0.29) is 29.7 Å². The van der Waals surface area contributed by atoms with Crippen LogP contribution in [0.1, 0.15) is 131 Å². The molecule has 4 rings (SSSR count). The maximum atomic E-state index is 14.3. The summed E-state index contributed by atoms with van der Waals surface area (Å²) < 4.78 is 6.32. The zero-order chi connectivity index (χ0) is 37.0. The smallest absolute Gasteiger partial charge is 0.249 e. The van der Waals surface area contributed by atoms with Gasteiger partial charge in [0.25, 0.3) is 0 Å². The molecule has 1 fully saturated rings. The quantitative estimate of drug-likeness (QED) is 0.130. The van der Waals surface area contributed by atoms with Gasteiger partial charge in [-0.15, -0.1) is 10.2 Å². The number of anilines is 1. The van der Waals surface area contributed by atoms with Crippen molar-refractivity contribution in [3.8, 4) is 11.4 Å². The Morgan fingerprint density at radius 2 is 1.33 bits per heavy atom. The van der Waals surface area contributed by atoms with Gasteiger partial charge in [-0.2, -0.15) is 14.5 Å². The summed E-state index contributed by atoms with van der Waals surface area (Å²) in [6, 6.07) is 9.54. The molecule has 51 heavy (non-hydrogen) atoms. The maximum absolute atomic E-state index is 14.3. The van der Waals surface area contributed by atoms with E-state index in [4.69, 9.17) is 10.8 Å². The van der Waals surface area contributed by atoms with E-state index < -0.39 is 5.41 Å². The van der Waals surface area contributed by atoms with Crippen molar-refractivity contribution in [2.45, 2.75) is 131 Å². The zero-order valence-corrected chi connectivity index (χ0v) is 32.9. The molecule has 0 bridgehead atoms. The van der Waals surface area contributed by atoms with Crippen LogP contribution in [0.3, 0.4) is 0 Å². The summed E-state index contributed by atoms with van der Waals surface area (Å²) in [7, 11) is 0. The summed E-state index contributed by atoms with van der Waals surface area (Å²) in [6.07, 6.45) is 9.65. The lowest BCUT2D eigenvalue weighted by Gasteiger charge is -2.38. The summed E-state index contributed by atoms with van der Waals surface area (Å²) in [4.78, 5) is 37.4. The van der Waals surface area contributed by atoms with Crippen LogP contribution in [0.2, 0.25) is 0 Å². The molecule has 11 nitrogen and oxygen atoms in total. The minimum Gasteiger partial charge on any atom is -0.382 e. The molecule has 0 spiro atoms. The maximum Gasteiger partial charge on any atom is 0.249 e. The van der Waals surface area contributed by atoms with Gasteiger partial charge in [0.15, 0.2) is 11.5 Å². The van der Waals surface area contributed by atoms with Gasteiger partial charge in [-0.1, -0.05) is 104 Å². The molecule has 1 aliphatic rings. The number of nitrogens with two attached hydrogens (primary N) is 1. The number of hydrogen-bond donors (Lipinski definition) is 1. The number of nitrogens with zero attached hydrogens (tertiary/aromatic N) is 8. The van der Waals surface area contributed by atoms with Gasteiger partial charge in [-0.3, -0.25) is 9.59 Å². The van der Waals surface area contributed by atoms with Crippen molar-refractivity contribution in [2.24, 2.45) is 22.1 Å². The van der Waals surface area contributed by atoms with Crippen molar-refractivity contribution in [1.29, 1.82) is 0 Å². The van der Waals surface area contributed by atoms with Crippen LogP contribution in [-0.2, 0) is 15.0 Å². The van der Waals surface area contributed by atoms with E-state index in [9.17, 15) is 9.59 Å². The van der Waals surface area contributed by atoms with Crippen LogP contribution in [0.25, 0.3) is 11.4 Å². The second kappa shape index (κ2) is 19.2. The van der Waals surface area contributed by atoms with E-state index in [0.29, 0.717) is 47.4 Å². The van der Waals surface area contributed by atoms with E-state index >= 15 is 0 Å². The molecule has 1 aliphatic carbocycles. The van der Waals surface area contributed by atoms with Gasteiger partial charge in [0, 0.05) is 60.5 Å². The molecule has 0 saturated heterocycles. The predicted octanol–water partition coefficient (Wildman–Crippen LogP) is 9.51. The summed E-state index contributed by atoms with van der Waals surface area (Å²) in [6.45, 7) is 17.8. The molecule has 0 aliphatic heterocycles. The first-order chi connectivity index (χ1) is 24.5. The Bertz CT molecular complexity index is 1510. The van der Waals surface area contributed by atoms with Gasteiger partial charge in [0.05, 0.1) is 11.7 Å². The van der Waals surface area contributed by atoms with E-state index in [1.54, 1.807) is 0 Å². The first-order valence-electron chi connectivity index (χ1n) is 19.3. The van der Waals surface area contributed by atoms with Crippen LogP contribution >= 0.6 is 11.5 Å². The van der Waals surface area contributed by atoms with Crippen LogP contribution in [0, 0.1) is 11.8 Å². The van der Waals surface area contributed by atoms with E-state index in [1.165, 1.54) is 11.5 Å². The molecule has 2 unspecified atom stereocenters. The van der Waals surface area contributed by atoms with Crippen molar-refractivity contribution in [1.82, 2.24) is 28.9 Å². The lowest BCUT2D eigenvalue weighted by molar-refractivity contribution is -0.142. The average molecular weight is 720 g/mol. The number of benzene rings is 1. The molecule has 2 atom stereocenters. The fourth-order valence-electron chi connectivity index (χ4n) is 6.84. The fraction of sp³-hybridized carbons (Fsp3) is 0.667. The highest BCUT2D eigenvalue weighted by Gasteiger charge is 2.41. The Labute approximate surface area is 309 Å². The van der Waals surface area contributed by atoms with Gasteiger partial charge in [-0.25, -0.2) is 4.68 Å². The first-order valence-corrected chi connectivity index (χ1v) is 20.1. The molecule has 1 aromatic carbocycles. The van der Waals surface area contributed by atoms with Crippen molar-refractivity contribution < 1.29 is 9.59 Å². The third kappa shape index (κ3) is 10.7. The molecular weight excluding hydrogens is 659 g/mol. The fourth-order valence-corrected chi connectivity index (χ4v) is 7.36. The summed E-state index contributed by atoms with van der Waals surface area (Å²) in [5.41, 5.74) is 8.67.